The summed E-state index contributed by atoms with van der Waals surface area (Å²) in [6.07, 6.45) is 1.94. The Bertz CT molecular complexity index is 87.0. The van der Waals surface area contributed by atoms with Crippen LogP contribution in [0.5, 0.6) is 0 Å². The zero-order chi connectivity index (χ0) is 4.41. The molecule has 0 saturated carbocycles. The fourth-order valence-electron chi connectivity index (χ4n) is 0.156. The molecule has 0 fully saturated rings. The quantitative estimate of drug-likeness (QED) is 0.369. The molecule has 1 aliphatic heterocycles. The number of hydrogen-bond acceptors (Lipinski definition) is 3. The van der Waals surface area contributed by atoms with Gasteiger partial charge in [0, 0.05) is 0 Å². The molecule has 1 rings (SSSR count). The topological polar surface area (TPSA) is 38.7 Å². The molecule has 3 radical (unpaired) electrons. The van der Waals surface area contributed by atoms with Crippen molar-refractivity contribution in [1.82, 2.24) is 0 Å². The maximum absolute atomic E-state index is 9.75. The van der Waals surface area contributed by atoms with Gasteiger partial charge >= 0.3 is 5.97 Å². The molecule has 0 amide bonds. The molecule has 0 N–H and O–H groups in total. The van der Waals surface area contributed by atoms with Crippen LogP contribution in [-0.4, -0.2) is 12.4 Å². The normalized spacial score (nSPS) is 18.3. The van der Waals surface area contributed by atoms with Gasteiger partial charge in [0.1, 0.15) is 0 Å². The fraction of sp³-hybridized carbons (Fsp3) is 0. The summed E-state index contributed by atoms with van der Waals surface area (Å²) in [6, 6.07) is 0. The SMILES string of the molecule is O=C1[C]N=[C]O1. The highest BCUT2D eigenvalue weighted by molar-refractivity contribution is 5.89. The molecule has 0 aromatic heterocycles. The van der Waals surface area contributed by atoms with Crippen LogP contribution in [0.2, 0.25) is 0 Å². The third-order valence-corrected chi connectivity index (χ3v) is 0.331. The Kier molecular flexibility index (Phi) is 0.602. The summed E-state index contributed by atoms with van der Waals surface area (Å²) in [7, 11) is 0. The lowest BCUT2D eigenvalue weighted by molar-refractivity contribution is -0.130. The second kappa shape index (κ2) is 1.08. The van der Waals surface area contributed by atoms with Gasteiger partial charge in [0.15, 0.2) is 0 Å². The Morgan fingerprint density at radius 2 is 2.67 bits per heavy atom. The van der Waals surface area contributed by atoms with Gasteiger partial charge in [-0.15, -0.1) is 0 Å². The van der Waals surface area contributed by atoms with E-state index in [0.29, 0.717) is 0 Å². The van der Waals surface area contributed by atoms with Gasteiger partial charge in [-0.25, -0.2) is 9.79 Å². The third-order valence-electron chi connectivity index (χ3n) is 0.331. The smallest absolute Gasteiger partial charge is 0.347 e. The van der Waals surface area contributed by atoms with Gasteiger partial charge in [0.05, 0.1) is 0 Å². The predicted molar refractivity (Wildman–Crippen MR) is 16.8 cm³/mol. The molecule has 0 aliphatic carbocycles. The third kappa shape index (κ3) is 0.381. The lowest BCUT2D eigenvalue weighted by atomic mass is 10.7. The van der Waals surface area contributed by atoms with Crippen molar-refractivity contribution in [2.75, 3.05) is 0 Å². The summed E-state index contributed by atoms with van der Waals surface area (Å²) in [5.74, 6) is -0.574. The van der Waals surface area contributed by atoms with Crippen LogP contribution in [0.1, 0.15) is 0 Å². The van der Waals surface area contributed by atoms with Gasteiger partial charge in [-0.3, -0.25) is 0 Å². The molecule has 0 aromatic rings. The zero-order valence-electron chi connectivity index (χ0n) is 2.76. The molecular weight excluding hydrogens is 82.0 g/mol. The number of esters is 1. The van der Waals surface area contributed by atoms with E-state index < -0.39 is 5.97 Å². The minimum atomic E-state index is -0.574. The van der Waals surface area contributed by atoms with E-state index in [1.54, 1.807) is 0 Å². The van der Waals surface area contributed by atoms with Crippen LogP contribution in [-0.2, 0) is 9.53 Å². The highest BCUT2D eigenvalue weighted by atomic mass is 16.5. The lowest BCUT2D eigenvalue weighted by Gasteiger charge is -1.72. The first-order valence-electron chi connectivity index (χ1n) is 1.31. The molecule has 1 heterocycles. The molecular formula is C3NO2. The average molecular weight is 82.0 g/mol. The van der Waals surface area contributed by atoms with Crippen molar-refractivity contribution in [3.05, 3.63) is 6.54 Å². The minimum absolute atomic E-state index is 0.574. The highest BCUT2D eigenvalue weighted by Gasteiger charge is 2.06. The summed E-state index contributed by atoms with van der Waals surface area (Å²) >= 11 is 0. The van der Waals surface area contributed by atoms with Crippen LogP contribution in [0.25, 0.3) is 0 Å². The van der Waals surface area contributed by atoms with E-state index in [2.05, 4.69) is 9.73 Å². The largest absolute Gasteiger partial charge is 0.400 e. The van der Waals surface area contributed by atoms with Crippen molar-refractivity contribution < 1.29 is 9.53 Å². The second-order valence-electron chi connectivity index (χ2n) is 0.704. The van der Waals surface area contributed by atoms with Gasteiger partial charge in [-0.1, -0.05) is 0 Å². The van der Waals surface area contributed by atoms with Crippen molar-refractivity contribution >= 4 is 12.4 Å². The maximum Gasteiger partial charge on any atom is 0.347 e. The van der Waals surface area contributed by atoms with Crippen LogP contribution in [0, 0.1) is 6.54 Å². The Morgan fingerprint density at radius 3 is 2.83 bits per heavy atom. The standard InChI is InChI=1S/C3NO2/c5-3-1-4-2-6-3. The van der Waals surface area contributed by atoms with E-state index in [1.807, 2.05) is 12.9 Å². The first-order valence-corrected chi connectivity index (χ1v) is 1.31. The van der Waals surface area contributed by atoms with E-state index in [4.69, 9.17) is 0 Å². The van der Waals surface area contributed by atoms with E-state index >= 15 is 0 Å². The van der Waals surface area contributed by atoms with Gasteiger partial charge < -0.3 is 4.74 Å². The van der Waals surface area contributed by atoms with Crippen LogP contribution in [0.15, 0.2) is 4.99 Å². The molecule has 0 atom stereocenters. The highest BCUT2D eigenvalue weighted by Crippen LogP contribution is 1.89. The van der Waals surface area contributed by atoms with Crippen molar-refractivity contribution in [3.8, 4) is 0 Å². The maximum atomic E-state index is 9.75. The number of rotatable bonds is 0. The molecule has 0 bridgehead atoms. The van der Waals surface area contributed by atoms with E-state index in [0.717, 1.165) is 0 Å². The van der Waals surface area contributed by atoms with Crippen LogP contribution >= 0.6 is 0 Å². The van der Waals surface area contributed by atoms with Crippen molar-refractivity contribution in [3.63, 3.8) is 0 Å². The molecule has 0 unspecified atom stereocenters. The molecule has 3 heteroatoms. The molecule has 1 aliphatic rings. The Hall–Kier alpha value is -0.860. The molecule has 6 heavy (non-hydrogen) atoms. The van der Waals surface area contributed by atoms with Crippen LogP contribution < -0.4 is 0 Å². The number of cyclic esters (lactones) is 1. The summed E-state index contributed by atoms with van der Waals surface area (Å²) in [5.41, 5.74) is 0. The van der Waals surface area contributed by atoms with Gasteiger partial charge in [0.2, 0.25) is 6.54 Å². The van der Waals surface area contributed by atoms with E-state index in [1.165, 1.54) is 0 Å². The summed E-state index contributed by atoms with van der Waals surface area (Å²) in [5, 5.41) is 0. The Labute approximate surface area is 34.6 Å². The second-order valence-corrected chi connectivity index (χ2v) is 0.704. The number of hydrogen-bond donors (Lipinski definition) is 0. The zero-order valence-corrected chi connectivity index (χ0v) is 2.76. The first-order chi connectivity index (χ1) is 2.89. The molecule has 0 aromatic carbocycles. The monoisotopic (exact) mass is 82.0 g/mol. The number of carbonyl (C=O) groups is 1. The molecule has 29 valence electrons. The average Bonchev–Trinajstić information content (AvgIpc) is 1.86. The number of nitrogens with zero attached hydrogens (tertiary/aromatic N) is 1. The van der Waals surface area contributed by atoms with Gasteiger partial charge in [0.25, 0.3) is 6.40 Å². The van der Waals surface area contributed by atoms with Gasteiger partial charge in [-0.2, -0.15) is 0 Å². The molecule has 3 nitrogen and oxygen atoms in total. The van der Waals surface area contributed by atoms with Crippen molar-refractivity contribution in [2.24, 2.45) is 4.99 Å². The van der Waals surface area contributed by atoms with E-state index in [9.17, 15) is 4.79 Å². The minimum Gasteiger partial charge on any atom is -0.400 e. The number of carbonyl (C=O) groups excluding carboxylic acids is 1. The van der Waals surface area contributed by atoms with Gasteiger partial charge in [-0.05, 0) is 0 Å². The van der Waals surface area contributed by atoms with Crippen molar-refractivity contribution in [2.45, 2.75) is 0 Å². The molecule has 0 saturated heterocycles. The fourth-order valence-corrected chi connectivity index (χ4v) is 0.156. The Balaban J connectivity index is 2.52. The summed E-state index contributed by atoms with van der Waals surface area (Å²) in [4.78, 5) is 12.8. The van der Waals surface area contributed by atoms with Crippen LogP contribution in [0.4, 0.5) is 0 Å². The van der Waals surface area contributed by atoms with Crippen molar-refractivity contribution in [1.29, 1.82) is 0 Å². The summed E-state index contributed by atoms with van der Waals surface area (Å²) < 4.78 is 3.99. The summed E-state index contributed by atoms with van der Waals surface area (Å²) in [6.45, 7) is 1.97. The number of ether oxygens (including phenoxy) is 1. The predicted octanol–water partition coefficient (Wildman–Crippen LogP) is -0.513. The Morgan fingerprint density at radius 1 is 1.83 bits per heavy atom. The first kappa shape index (κ1) is 3.33. The van der Waals surface area contributed by atoms with Crippen LogP contribution in [0.3, 0.4) is 0 Å². The number of aliphatic imine (C=N–C) groups is 1. The lowest BCUT2D eigenvalue weighted by Crippen LogP contribution is -1.90. The van der Waals surface area contributed by atoms with E-state index in [-0.39, 0.29) is 0 Å². The molecule has 0 spiro atoms.